The molecule has 11 heavy (non-hydrogen) atoms. The fourth-order valence-electron chi connectivity index (χ4n) is 1.42. The number of nitrogen functional groups attached to an aromatic ring is 1. The van der Waals surface area contributed by atoms with Crippen molar-refractivity contribution in [2.45, 2.75) is 25.6 Å². The molecule has 2 rings (SSSR count). The lowest BCUT2D eigenvalue weighted by Crippen LogP contribution is -2.21. The van der Waals surface area contributed by atoms with E-state index in [0.717, 1.165) is 5.69 Å². The number of hydrogen-bond donors (Lipinski definition) is 1. The molecule has 60 valence electrons. The van der Waals surface area contributed by atoms with Crippen LogP contribution < -0.4 is 5.73 Å². The molecule has 1 atom stereocenters. The minimum atomic E-state index is -0.735. The van der Waals surface area contributed by atoms with Gasteiger partial charge in [0, 0.05) is 13.0 Å². The number of aryl methyl sites for hydroxylation is 1. The number of fused-ring (bicyclic) bond motifs is 1. The van der Waals surface area contributed by atoms with Crippen molar-refractivity contribution in [2.75, 3.05) is 5.73 Å². The smallest absolute Gasteiger partial charge is 0.107 e. The molecule has 1 aliphatic rings. The summed E-state index contributed by atoms with van der Waals surface area (Å²) in [7, 11) is 0. The van der Waals surface area contributed by atoms with Crippen molar-refractivity contribution >= 4 is 5.69 Å². The Morgan fingerprint density at radius 2 is 2.55 bits per heavy atom. The third-order valence-electron chi connectivity index (χ3n) is 2.05. The van der Waals surface area contributed by atoms with E-state index >= 15 is 0 Å². The average molecular weight is 155 g/mol. The third-order valence-corrected chi connectivity index (χ3v) is 2.05. The number of nitrogens with two attached hydrogens (primary N) is 1. The molecular formula is C7H10FN3. The van der Waals surface area contributed by atoms with Crippen LogP contribution in [0, 0.1) is 0 Å². The van der Waals surface area contributed by atoms with Gasteiger partial charge in [0.2, 0.25) is 0 Å². The Morgan fingerprint density at radius 3 is 3.36 bits per heavy atom. The first-order valence-corrected chi connectivity index (χ1v) is 3.71. The Kier molecular flexibility index (Phi) is 1.34. The molecule has 0 saturated heterocycles. The zero-order chi connectivity index (χ0) is 7.84. The predicted molar refractivity (Wildman–Crippen MR) is 39.9 cm³/mol. The topological polar surface area (TPSA) is 43.8 Å². The van der Waals surface area contributed by atoms with Gasteiger partial charge in [0.25, 0.3) is 0 Å². The highest BCUT2D eigenvalue weighted by Crippen LogP contribution is 2.21. The van der Waals surface area contributed by atoms with Crippen LogP contribution in [0.2, 0.25) is 0 Å². The van der Waals surface area contributed by atoms with Gasteiger partial charge in [-0.15, -0.1) is 0 Å². The largest absolute Gasteiger partial charge is 0.396 e. The first-order chi connectivity index (χ1) is 5.27. The molecule has 4 heteroatoms. The molecule has 0 aromatic carbocycles. The molecule has 1 aromatic heterocycles. The number of aromatic nitrogens is 2. The van der Waals surface area contributed by atoms with Crippen LogP contribution in [0.25, 0.3) is 0 Å². The summed E-state index contributed by atoms with van der Waals surface area (Å²) >= 11 is 0. The fraction of sp³-hybridized carbons (Fsp3) is 0.571. The Morgan fingerprint density at radius 1 is 1.73 bits per heavy atom. The number of rotatable bonds is 0. The van der Waals surface area contributed by atoms with E-state index in [9.17, 15) is 4.39 Å². The van der Waals surface area contributed by atoms with Gasteiger partial charge in [-0.3, -0.25) is 4.68 Å². The molecule has 0 fully saturated rings. The second-order valence-electron chi connectivity index (χ2n) is 2.86. The Balaban J connectivity index is 2.37. The van der Waals surface area contributed by atoms with E-state index in [-0.39, 0.29) is 0 Å². The van der Waals surface area contributed by atoms with Gasteiger partial charge in [0.1, 0.15) is 6.17 Å². The van der Waals surface area contributed by atoms with Crippen molar-refractivity contribution < 1.29 is 4.39 Å². The van der Waals surface area contributed by atoms with Crippen LogP contribution in [0.1, 0.15) is 12.1 Å². The lowest BCUT2D eigenvalue weighted by atomic mass is 10.1. The molecule has 0 saturated carbocycles. The zero-order valence-corrected chi connectivity index (χ0v) is 6.13. The molecule has 0 radical (unpaired) electrons. The SMILES string of the molecule is Nc1cnn2c1CC(F)CC2. The zero-order valence-electron chi connectivity index (χ0n) is 6.13. The summed E-state index contributed by atoms with van der Waals surface area (Å²) < 4.78 is 14.6. The van der Waals surface area contributed by atoms with E-state index < -0.39 is 6.17 Å². The van der Waals surface area contributed by atoms with Gasteiger partial charge in [0.15, 0.2) is 0 Å². The summed E-state index contributed by atoms with van der Waals surface area (Å²) in [6.45, 7) is 0.660. The lowest BCUT2D eigenvalue weighted by molar-refractivity contribution is 0.263. The van der Waals surface area contributed by atoms with Crippen LogP contribution in [0.15, 0.2) is 6.20 Å². The summed E-state index contributed by atoms with van der Waals surface area (Å²) in [5, 5.41) is 4.02. The van der Waals surface area contributed by atoms with E-state index in [1.807, 2.05) is 0 Å². The van der Waals surface area contributed by atoms with Crippen molar-refractivity contribution in [2.24, 2.45) is 0 Å². The summed E-state index contributed by atoms with van der Waals surface area (Å²) in [6.07, 6.45) is 1.84. The minimum absolute atomic E-state index is 0.422. The van der Waals surface area contributed by atoms with Crippen molar-refractivity contribution in [1.29, 1.82) is 0 Å². The van der Waals surface area contributed by atoms with E-state index in [2.05, 4.69) is 5.10 Å². The molecule has 2 N–H and O–H groups in total. The number of anilines is 1. The maximum Gasteiger partial charge on any atom is 0.107 e. The Labute approximate surface area is 64.0 Å². The van der Waals surface area contributed by atoms with Gasteiger partial charge < -0.3 is 5.73 Å². The molecule has 1 aromatic rings. The molecule has 3 nitrogen and oxygen atoms in total. The van der Waals surface area contributed by atoms with Crippen molar-refractivity contribution in [3.05, 3.63) is 11.9 Å². The number of alkyl halides is 1. The monoisotopic (exact) mass is 155 g/mol. The van der Waals surface area contributed by atoms with Crippen LogP contribution in [0.4, 0.5) is 10.1 Å². The van der Waals surface area contributed by atoms with E-state index in [1.54, 1.807) is 10.9 Å². The summed E-state index contributed by atoms with van der Waals surface area (Å²) in [6, 6.07) is 0. The van der Waals surface area contributed by atoms with Gasteiger partial charge in [0.05, 0.1) is 17.6 Å². The van der Waals surface area contributed by atoms with Gasteiger partial charge >= 0.3 is 0 Å². The number of nitrogens with zero attached hydrogens (tertiary/aromatic N) is 2. The lowest BCUT2D eigenvalue weighted by Gasteiger charge is -2.17. The highest BCUT2D eigenvalue weighted by atomic mass is 19.1. The highest BCUT2D eigenvalue weighted by Gasteiger charge is 2.20. The average Bonchev–Trinajstić information content (AvgIpc) is 2.33. The Bertz CT molecular complexity index is 269. The highest BCUT2D eigenvalue weighted by molar-refractivity contribution is 5.41. The van der Waals surface area contributed by atoms with E-state index in [1.165, 1.54) is 0 Å². The van der Waals surface area contributed by atoms with E-state index in [4.69, 9.17) is 5.73 Å². The fourth-order valence-corrected chi connectivity index (χ4v) is 1.42. The second kappa shape index (κ2) is 2.22. The standard InChI is InChI=1S/C7H10FN3/c8-5-1-2-11-7(3-5)6(9)4-10-11/h4-5H,1-3,9H2. The first-order valence-electron chi connectivity index (χ1n) is 3.71. The van der Waals surface area contributed by atoms with Gasteiger partial charge in [-0.1, -0.05) is 0 Å². The molecule has 0 bridgehead atoms. The van der Waals surface area contributed by atoms with Crippen LogP contribution in [0.5, 0.6) is 0 Å². The Hall–Kier alpha value is -1.06. The summed E-state index contributed by atoms with van der Waals surface area (Å²) in [4.78, 5) is 0. The number of hydrogen-bond acceptors (Lipinski definition) is 2. The molecule has 0 amide bonds. The van der Waals surface area contributed by atoms with Crippen molar-refractivity contribution in [1.82, 2.24) is 9.78 Å². The van der Waals surface area contributed by atoms with E-state index in [0.29, 0.717) is 25.1 Å². The molecule has 1 aliphatic heterocycles. The number of halogens is 1. The maximum atomic E-state index is 12.8. The van der Waals surface area contributed by atoms with Gasteiger partial charge in [-0.25, -0.2) is 4.39 Å². The van der Waals surface area contributed by atoms with Crippen molar-refractivity contribution in [3.63, 3.8) is 0 Å². The second-order valence-corrected chi connectivity index (χ2v) is 2.86. The van der Waals surface area contributed by atoms with Crippen LogP contribution >= 0.6 is 0 Å². The third kappa shape index (κ3) is 0.982. The molecule has 0 spiro atoms. The molecule has 0 aliphatic carbocycles. The molecular weight excluding hydrogens is 145 g/mol. The van der Waals surface area contributed by atoms with Crippen LogP contribution in [0.3, 0.4) is 0 Å². The van der Waals surface area contributed by atoms with Crippen molar-refractivity contribution in [3.8, 4) is 0 Å². The van der Waals surface area contributed by atoms with Gasteiger partial charge in [-0.05, 0) is 6.42 Å². The minimum Gasteiger partial charge on any atom is -0.396 e. The predicted octanol–water partition coefficient (Wildman–Crippen LogP) is 0.750. The summed E-state index contributed by atoms with van der Waals surface area (Å²) in [5.41, 5.74) is 7.04. The molecule has 2 heterocycles. The van der Waals surface area contributed by atoms with Gasteiger partial charge in [-0.2, -0.15) is 5.10 Å². The quantitative estimate of drug-likeness (QED) is 0.600. The summed E-state index contributed by atoms with van der Waals surface area (Å²) in [5.74, 6) is 0. The first kappa shape index (κ1) is 6.64. The molecule has 1 unspecified atom stereocenters. The normalized spacial score (nSPS) is 23.2. The van der Waals surface area contributed by atoms with Crippen LogP contribution in [-0.4, -0.2) is 16.0 Å². The van der Waals surface area contributed by atoms with Crippen LogP contribution in [-0.2, 0) is 13.0 Å². The maximum absolute atomic E-state index is 12.8.